The van der Waals surface area contributed by atoms with E-state index in [0.29, 0.717) is 0 Å². The molecule has 0 aromatic rings. The van der Waals surface area contributed by atoms with Crippen LogP contribution in [0.15, 0.2) is 11.7 Å². The first kappa shape index (κ1) is 14.0. The molecular weight excluding hydrogens is 250 g/mol. The van der Waals surface area contributed by atoms with Gasteiger partial charge in [0, 0.05) is 0 Å². The van der Waals surface area contributed by atoms with E-state index in [0.717, 1.165) is 0 Å². The molecule has 0 heterocycles. The second-order valence-corrected chi connectivity index (χ2v) is 2.21. The Morgan fingerprint density at radius 2 is 1.00 bits per heavy atom. The second-order valence-electron chi connectivity index (χ2n) is 2.21. The highest BCUT2D eigenvalue weighted by atomic mass is 19.4. The van der Waals surface area contributed by atoms with Crippen molar-refractivity contribution in [3.63, 3.8) is 0 Å². The van der Waals surface area contributed by atoms with Crippen LogP contribution in [0.2, 0.25) is 0 Å². The van der Waals surface area contributed by atoms with Gasteiger partial charge in [-0.1, -0.05) is 0 Å². The van der Waals surface area contributed by atoms with Crippen LogP contribution in [0.3, 0.4) is 0 Å². The van der Waals surface area contributed by atoms with Gasteiger partial charge in [-0.05, 0) is 0 Å². The molecule has 0 bridgehead atoms. The SMILES string of the molecule is FC(F)=C(C(F)(F)F)C(F)(F)C(F)(F)F. The van der Waals surface area contributed by atoms with Crippen LogP contribution in [0.25, 0.3) is 0 Å². The van der Waals surface area contributed by atoms with Crippen molar-refractivity contribution in [3.8, 4) is 0 Å². The Bertz CT molecular complexity index is 261. The van der Waals surface area contributed by atoms with E-state index in [4.69, 9.17) is 0 Å². The molecule has 0 saturated heterocycles. The van der Waals surface area contributed by atoms with Crippen molar-refractivity contribution < 1.29 is 43.9 Å². The molecule has 0 nitrogen and oxygen atoms in total. The summed E-state index contributed by atoms with van der Waals surface area (Å²) in [5, 5.41) is 0. The zero-order chi connectivity index (χ0) is 12.7. The van der Waals surface area contributed by atoms with Crippen LogP contribution in [0, 0.1) is 0 Å². The topological polar surface area (TPSA) is 0 Å². The molecule has 0 fully saturated rings. The largest absolute Gasteiger partial charge is 0.458 e. The summed E-state index contributed by atoms with van der Waals surface area (Å²) < 4.78 is 115. The Balaban J connectivity index is 5.63. The fourth-order valence-corrected chi connectivity index (χ4v) is 0.546. The highest BCUT2D eigenvalue weighted by Gasteiger charge is 2.68. The number of hydrogen-bond acceptors (Lipinski definition) is 0. The molecule has 15 heavy (non-hydrogen) atoms. The summed E-state index contributed by atoms with van der Waals surface area (Å²) in [5.74, 6) is -6.63. The van der Waals surface area contributed by atoms with Gasteiger partial charge in [-0.25, -0.2) is 0 Å². The van der Waals surface area contributed by atoms with E-state index in [9.17, 15) is 43.9 Å². The maximum absolute atomic E-state index is 12.0. The third-order valence-corrected chi connectivity index (χ3v) is 1.14. The highest BCUT2D eigenvalue weighted by Crippen LogP contribution is 2.48. The summed E-state index contributed by atoms with van der Waals surface area (Å²) >= 11 is 0. The predicted octanol–water partition coefficient (Wildman–Crippen LogP) is 3.90. The van der Waals surface area contributed by atoms with Crippen molar-refractivity contribution in [1.29, 1.82) is 0 Å². The molecule has 0 N–H and O–H groups in total. The van der Waals surface area contributed by atoms with Crippen LogP contribution in [0.1, 0.15) is 0 Å². The molecule has 0 aromatic carbocycles. The quantitative estimate of drug-likeness (QED) is 0.619. The Morgan fingerprint density at radius 3 is 1.07 bits per heavy atom. The summed E-state index contributed by atoms with van der Waals surface area (Å²) in [4.78, 5) is 0. The van der Waals surface area contributed by atoms with Crippen LogP contribution >= 0.6 is 0 Å². The molecule has 0 unspecified atom stereocenters. The van der Waals surface area contributed by atoms with Crippen LogP contribution in [-0.2, 0) is 0 Å². The summed E-state index contributed by atoms with van der Waals surface area (Å²) in [6.07, 6.45) is -17.3. The Labute approximate surface area is 75.2 Å². The first-order chi connectivity index (χ1) is 6.32. The highest BCUT2D eigenvalue weighted by molar-refractivity contribution is 5.21. The second kappa shape index (κ2) is 3.56. The van der Waals surface area contributed by atoms with Gasteiger partial charge >= 0.3 is 18.3 Å². The van der Waals surface area contributed by atoms with Gasteiger partial charge in [0.05, 0.1) is 0 Å². The van der Waals surface area contributed by atoms with E-state index in [1.165, 1.54) is 0 Å². The fraction of sp³-hybridized carbons (Fsp3) is 0.600. The van der Waals surface area contributed by atoms with Crippen molar-refractivity contribution in [2.45, 2.75) is 18.3 Å². The molecule has 0 saturated carbocycles. The molecule has 0 radical (unpaired) electrons. The van der Waals surface area contributed by atoms with E-state index >= 15 is 0 Å². The zero-order valence-corrected chi connectivity index (χ0v) is 6.28. The van der Waals surface area contributed by atoms with Gasteiger partial charge in [0.15, 0.2) is 5.57 Å². The number of halogens is 10. The van der Waals surface area contributed by atoms with E-state index in [1.807, 2.05) is 0 Å². The van der Waals surface area contributed by atoms with Gasteiger partial charge in [-0.3, -0.25) is 0 Å². The lowest BCUT2D eigenvalue weighted by molar-refractivity contribution is -0.282. The van der Waals surface area contributed by atoms with Crippen molar-refractivity contribution in [2.24, 2.45) is 0 Å². The minimum atomic E-state index is -6.73. The van der Waals surface area contributed by atoms with Crippen molar-refractivity contribution in [3.05, 3.63) is 11.7 Å². The molecular formula is C5F10. The minimum Gasteiger partial charge on any atom is -0.191 e. The van der Waals surface area contributed by atoms with Gasteiger partial charge in [0.2, 0.25) is 0 Å². The molecule has 0 rings (SSSR count). The number of alkyl halides is 8. The monoisotopic (exact) mass is 250 g/mol. The lowest BCUT2D eigenvalue weighted by atomic mass is 10.1. The van der Waals surface area contributed by atoms with E-state index in [-0.39, 0.29) is 0 Å². The average molecular weight is 250 g/mol. The minimum absolute atomic E-state index is 4.12. The first-order valence-corrected chi connectivity index (χ1v) is 2.89. The molecule has 0 amide bonds. The van der Waals surface area contributed by atoms with Crippen molar-refractivity contribution in [2.75, 3.05) is 0 Å². The summed E-state index contributed by atoms with van der Waals surface area (Å²) in [7, 11) is 0. The number of allylic oxidation sites excluding steroid dienone is 1. The normalized spacial score (nSPS) is 14.0. The van der Waals surface area contributed by atoms with Gasteiger partial charge in [-0.2, -0.15) is 43.9 Å². The zero-order valence-electron chi connectivity index (χ0n) is 6.28. The maximum atomic E-state index is 12.0. The Kier molecular flexibility index (Phi) is 3.33. The maximum Gasteiger partial charge on any atom is 0.458 e. The van der Waals surface area contributed by atoms with E-state index in [1.54, 1.807) is 0 Å². The number of rotatable bonds is 1. The van der Waals surface area contributed by atoms with Crippen molar-refractivity contribution >= 4 is 0 Å². The van der Waals surface area contributed by atoms with Gasteiger partial charge in [0.25, 0.3) is 6.08 Å². The van der Waals surface area contributed by atoms with Crippen molar-refractivity contribution in [1.82, 2.24) is 0 Å². The lowest BCUT2D eigenvalue weighted by Gasteiger charge is -2.22. The van der Waals surface area contributed by atoms with Gasteiger partial charge in [0.1, 0.15) is 0 Å². The fourth-order valence-electron chi connectivity index (χ4n) is 0.546. The lowest BCUT2D eigenvalue weighted by Crippen LogP contribution is -2.43. The van der Waals surface area contributed by atoms with Gasteiger partial charge < -0.3 is 0 Å². The standard InChI is InChI=1S/C5F10/c6-2(7)1(4(10,11)12)3(8,9)5(13,14)15. The summed E-state index contributed by atoms with van der Waals surface area (Å²) in [6, 6.07) is 0. The van der Waals surface area contributed by atoms with E-state index in [2.05, 4.69) is 0 Å². The molecule has 0 aliphatic rings. The molecule has 10 heteroatoms. The molecule has 0 aromatic heterocycles. The summed E-state index contributed by atoms with van der Waals surface area (Å²) in [5.41, 5.74) is -4.19. The number of hydrogen-bond donors (Lipinski definition) is 0. The van der Waals surface area contributed by atoms with Crippen LogP contribution in [0.4, 0.5) is 43.9 Å². The van der Waals surface area contributed by atoms with Crippen LogP contribution < -0.4 is 0 Å². The smallest absolute Gasteiger partial charge is 0.191 e. The first-order valence-electron chi connectivity index (χ1n) is 2.89. The molecule has 0 aliphatic carbocycles. The average Bonchev–Trinajstić information content (AvgIpc) is 1.76. The third kappa shape index (κ3) is 2.75. The third-order valence-electron chi connectivity index (χ3n) is 1.14. The summed E-state index contributed by atoms with van der Waals surface area (Å²) in [6.45, 7) is 0. The Morgan fingerprint density at radius 1 is 0.667 bits per heavy atom. The molecule has 90 valence electrons. The van der Waals surface area contributed by atoms with Gasteiger partial charge in [-0.15, -0.1) is 0 Å². The van der Waals surface area contributed by atoms with E-state index < -0.39 is 29.9 Å². The predicted molar refractivity (Wildman–Crippen MR) is 26.3 cm³/mol. The molecule has 0 atom stereocenters. The van der Waals surface area contributed by atoms with Crippen LogP contribution in [-0.4, -0.2) is 18.3 Å². The van der Waals surface area contributed by atoms with Crippen LogP contribution in [0.5, 0.6) is 0 Å². The Hall–Kier alpha value is -0.960. The molecule has 0 spiro atoms. The molecule has 0 aliphatic heterocycles.